The number of pyridine rings is 1. The number of nitrogens with one attached hydrogen (secondary N) is 1. The SMILES string of the molecule is Oc1ccc(CNc2ccc(Br)nc2)cc1Cl. The lowest BCUT2D eigenvalue weighted by atomic mass is 10.2. The molecule has 1 heterocycles. The first-order chi connectivity index (χ1) is 8.15. The molecule has 5 heteroatoms. The molecule has 2 aromatic rings. The molecule has 0 amide bonds. The minimum Gasteiger partial charge on any atom is -0.506 e. The Labute approximate surface area is 113 Å². The number of aromatic hydroxyl groups is 1. The number of aromatic nitrogens is 1. The van der Waals surface area contributed by atoms with Gasteiger partial charge < -0.3 is 10.4 Å². The van der Waals surface area contributed by atoms with E-state index >= 15 is 0 Å². The van der Waals surface area contributed by atoms with E-state index in [1.165, 1.54) is 0 Å². The highest BCUT2D eigenvalue weighted by Gasteiger charge is 2.00. The highest BCUT2D eigenvalue weighted by Crippen LogP contribution is 2.24. The van der Waals surface area contributed by atoms with Crippen LogP contribution in [0.1, 0.15) is 5.56 Å². The largest absolute Gasteiger partial charge is 0.506 e. The number of hydrogen-bond acceptors (Lipinski definition) is 3. The van der Waals surface area contributed by atoms with Crippen molar-refractivity contribution in [3.05, 3.63) is 51.7 Å². The van der Waals surface area contributed by atoms with Crippen LogP contribution in [0.2, 0.25) is 5.02 Å². The molecule has 0 spiro atoms. The van der Waals surface area contributed by atoms with E-state index in [4.69, 9.17) is 11.6 Å². The molecule has 0 saturated heterocycles. The first kappa shape index (κ1) is 12.2. The standard InChI is InChI=1S/C12H10BrClN2O/c13-12-4-2-9(7-16-12)15-6-8-1-3-11(17)10(14)5-8/h1-5,7,15,17H,6H2. The van der Waals surface area contributed by atoms with Gasteiger partial charge in [-0.05, 0) is 45.8 Å². The third-order valence-corrected chi connectivity index (χ3v) is 3.01. The second kappa shape index (κ2) is 5.38. The van der Waals surface area contributed by atoms with E-state index in [2.05, 4.69) is 26.2 Å². The van der Waals surface area contributed by atoms with Crippen LogP contribution in [0.25, 0.3) is 0 Å². The van der Waals surface area contributed by atoms with E-state index in [9.17, 15) is 5.11 Å². The van der Waals surface area contributed by atoms with Gasteiger partial charge in [-0.3, -0.25) is 0 Å². The maximum Gasteiger partial charge on any atom is 0.134 e. The highest BCUT2D eigenvalue weighted by molar-refractivity contribution is 9.10. The lowest BCUT2D eigenvalue weighted by Crippen LogP contribution is -1.99. The second-order valence-electron chi connectivity index (χ2n) is 3.51. The van der Waals surface area contributed by atoms with Crippen LogP contribution >= 0.6 is 27.5 Å². The molecule has 0 unspecified atom stereocenters. The molecule has 17 heavy (non-hydrogen) atoms. The lowest BCUT2D eigenvalue weighted by Gasteiger charge is -2.07. The first-order valence-corrected chi connectivity index (χ1v) is 6.15. The molecule has 3 nitrogen and oxygen atoms in total. The molecule has 0 aliphatic heterocycles. The highest BCUT2D eigenvalue weighted by atomic mass is 79.9. The summed E-state index contributed by atoms with van der Waals surface area (Å²) in [6.07, 6.45) is 1.74. The van der Waals surface area contributed by atoms with Crippen LogP contribution in [0, 0.1) is 0 Å². The minimum absolute atomic E-state index is 0.0979. The molecule has 0 saturated carbocycles. The maximum absolute atomic E-state index is 9.29. The molecular formula is C12H10BrClN2O. The molecule has 1 aromatic heterocycles. The Morgan fingerprint density at radius 2 is 2.12 bits per heavy atom. The normalized spacial score (nSPS) is 10.2. The number of anilines is 1. The predicted molar refractivity (Wildman–Crippen MR) is 72.4 cm³/mol. The molecule has 2 N–H and O–H groups in total. The average molecular weight is 314 g/mol. The summed E-state index contributed by atoms with van der Waals surface area (Å²) in [7, 11) is 0. The molecule has 0 bridgehead atoms. The van der Waals surface area contributed by atoms with Gasteiger partial charge in [0.2, 0.25) is 0 Å². The fraction of sp³-hybridized carbons (Fsp3) is 0.0833. The monoisotopic (exact) mass is 312 g/mol. The quantitative estimate of drug-likeness (QED) is 0.847. The summed E-state index contributed by atoms with van der Waals surface area (Å²) in [5.74, 6) is 0.0979. The Hall–Kier alpha value is -1.26. The zero-order chi connectivity index (χ0) is 12.3. The van der Waals surface area contributed by atoms with E-state index in [1.54, 1.807) is 18.3 Å². The van der Waals surface area contributed by atoms with E-state index in [0.29, 0.717) is 11.6 Å². The Kier molecular flexibility index (Phi) is 3.86. The summed E-state index contributed by atoms with van der Waals surface area (Å²) in [4.78, 5) is 4.11. The summed E-state index contributed by atoms with van der Waals surface area (Å²) in [6, 6.07) is 8.93. The second-order valence-corrected chi connectivity index (χ2v) is 4.73. The van der Waals surface area contributed by atoms with Crippen LogP contribution in [0.5, 0.6) is 5.75 Å². The molecule has 0 radical (unpaired) electrons. The van der Waals surface area contributed by atoms with Crippen LogP contribution < -0.4 is 5.32 Å². The van der Waals surface area contributed by atoms with Crippen LogP contribution in [0.4, 0.5) is 5.69 Å². The van der Waals surface area contributed by atoms with E-state index in [0.717, 1.165) is 15.9 Å². The van der Waals surface area contributed by atoms with Crippen molar-refractivity contribution in [1.29, 1.82) is 0 Å². The summed E-state index contributed by atoms with van der Waals surface area (Å²) in [5, 5.41) is 12.9. The Bertz CT molecular complexity index is 516. The van der Waals surface area contributed by atoms with Gasteiger partial charge in [0.15, 0.2) is 0 Å². The van der Waals surface area contributed by atoms with Crippen molar-refractivity contribution in [2.45, 2.75) is 6.54 Å². The molecule has 1 aromatic carbocycles. The van der Waals surface area contributed by atoms with E-state index in [1.807, 2.05) is 18.2 Å². The smallest absolute Gasteiger partial charge is 0.134 e. The van der Waals surface area contributed by atoms with Crippen molar-refractivity contribution in [3.8, 4) is 5.75 Å². The first-order valence-electron chi connectivity index (χ1n) is 4.98. The van der Waals surface area contributed by atoms with Crippen LogP contribution in [0.3, 0.4) is 0 Å². The van der Waals surface area contributed by atoms with Crippen LogP contribution in [-0.2, 0) is 6.54 Å². The van der Waals surface area contributed by atoms with Crippen molar-refractivity contribution in [2.24, 2.45) is 0 Å². The Morgan fingerprint density at radius 3 is 2.76 bits per heavy atom. The summed E-state index contributed by atoms with van der Waals surface area (Å²) >= 11 is 9.09. The fourth-order valence-electron chi connectivity index (χ4n) is 1.34. The lowest BCUT2D eigenvalue weighted by molar-refractivity contribution is 0.475. The molecule has 0 fully saturated rings. The molecule has 2 rings (SSSR count). The van der Waals surface area contributed by atoms with Gasteiger partial charge in [0, 0.05) is 6.54 Å². The summed E-state index contributed by atoms with van der Waals surface area (Å²) in [5.41, 5.74) is 1.92. The summed E-state index contributed by atoms with van der Waals surface area (Å²) < 4.78 is 0.802. The van der Waals surface area contributed by atoms with Gasteiger partial charge in [-0.1, -0.05) is 17.7 Å². The van der Waals surface area contributed by atoms with Gasteiger partial charge in [-0.2, -0.15) is 0 Å². The van der Waals surface area contributed by atoms with Gasteiger partial charge in [0.25, 0.3) is 0 Å². The third-order valence-electron chi connectivity index (χ3n) is 2.24. The number of rotatable bonds is 3. The number of halogens is 2. The van der Waals surface area contributed by atoms with Crippen molar-refractivity contribution in [3.63, 3.8) is 0 Å². The molecular weight excluding hydrogens is 304 g/mol. The third kappa shape index (κ3) is 3.35. The van der Waals surface area contributed by atoms with Gasteiger partial charge in [0.05, 0.1) is 16.9 Å². The van der Waals surface area contributed by atoms with Crippen molar-refractivity contribution < 1.29 is 5.11 Å². The van der Waals surface area contributed by atoms with Gasteiger partial charge >= 0.3 is 0 Å². The van der Waals surface area contributed by atoms with Gasteiger partial charge in [-0.25, -0.2) is 4.98 Å². The maximum atomic E-state index is 9.29. The zero-order valence-corrected chi connectivity index (χ0v) is 11.2. The minimum atomic E-state index is 0.0979. The van der Waals surface area contributed by atoms with E-state index in [-0.39, 0.29) is 5.75 Å². The predicted octanol–water partition coefficient (Wildman–Crippen LogP) is 3.82. The zero-order valence-electron chi connectivity index (χ0n) is 8.82. The van der Waals surface area contributed by atoms with Gasteiger partial charge in [-0.15, -0.1) is 0 Å². The molecule has 0 atom stereocenters. The Morgan fingerprint density at radius 1 is 1.29 bits per heavy atom. The van der Waals surface area contributed by atoms with Crippen molar-refractivity contribution in [1.82, 2.24) is 4.98 Å². The van der Waals surface area contributed by atoms with Gasteiger partial charge in [0.1, 0.15) is 10.4 Å². The van der Waals surface area contributed by atoms with Crippen molar-refractivity contribution >= 4 is 33.2 Å². The number of hydrogen-bond donors (Lipinski definition) is 2. The topological polar surface area (TPSA) is 45.1 Å². The summed E-state index contributed by atoms with van der Waals surface area (Å²) in [6.45, 7) is 0.628. The van der Waals surface area contributed by atoms with E-state index < -0.39 is 0 Å². The number of phenols is 1. The Balaban J connectivity index is 2.02. The fourth-order valence-corrected chi connectivity index (χ4v) is 1.78. The van der Waals surface area contributed by atoms with Crippen LogP contribution in [0.15, 0.2) is 41.1 Å². The van der Waals surface area contributed by atoms with Crippen molar-refractivity contribution in [2.75, 3.05) is 5.32 Å². The molecule has 88 valence electrons. The number of phenolic OH excluding ortho intramolecular Hbond substituents is 1. The molecule has 0 aliphatic carbocycles. The number of benzene rings is 1. The average Bonchev–Trinajstić information content (AvgIpc) is 2.33. The molecule has 0 aliphatic rings. The van der Waals surface area contributed by atoms with Crippen LogP contribution in [-0.4, -0.2) is 10.1 Å². The number of nitrogens with zero attached hydrogens (tertiary/aromatic N) is 1.